The van der Waals surface area contributed by atoms with Crippen LogP contribution in [0.25, 0.3) is 0 Å². The van der Waals surface area contributed by atoms with Crippen molar-refractivity contribution in [2.75, 3.05) is 19.5 Å². The lowest BCUT2D eigenvalue weighted by Crippen LogP contribution is -2.18. The number of hydrogen-bond donors (Lipinski definition) is 1. The van der Waals surface area contributed by atoms with Crippen LogP contribution in [0.4, 0.5) is 5.69 Å². The number of anilines is 1. The number of rotatable bonds is 8. The number of nitrogens with two attached hydrogens (primary N) is 1. The fraction of sp³-hybridized carbons (Fsp3) is 0.533. The first kappa shape index (κ1) is 16.7. The van der Waals surface area contributed by atoms with Crippen molar-refractivity contribution in [3.05, 3.63) is 18.2 Å². The molecule has 0 saturated heterocycles. The van der Waals surface area contributed by atoms with Gasteiger partial charge in [-0.1, -0.05) is 19.8 Å². The first-order valence-corrected chi connectivity index (χ1v) is 7.77. The lowest BCUT2D eigenvalue weighted by Gasteiger charge is -2.16. The molecule has 0 aliphatic carbocycles. The molecule has 1 aromatic carbocycles. The van der Waals surface area contributed by atoms with Gasteiger partial charge in [-0.05, 0) is 31.5 Å². The van der Waals surface area contributed by atoms with Crippen molar-refractivity contribution in [1.82, 2.24) is 0 Å². The Hall–Kier alpha value is -1.36. The summed E-state index contributed by atoms with van der Waals surface area (Å²) in [5.74, 6) is 0.563. The average Bonchev–Trinajstić information content (AvgIpc) is 2.46. The van der Waals surface area contributed by atoms with Gasteiger partial charge in [0.25, 0.3) is 0 Å². The molecule has 0 heterocycles. The molecule has 4 nitrogen and oxygen atoms in total. The van der Waals surface area contributed by atoms with Gasteiger partial charge in [-0.3, -0.25) is 4.79 Å². The molecule has 0 radical (unpaired) electrons. The van der Waals surface area contributed by atoms with Gasteiger partial charge < -0.3 is 15.2 Å². The van der Waals surface area contributed by atoms with E-state index in [9.17, 15) is 4.79 Å². The second kappa shape index (κ2) is 8.74. The van der Waals surface area contributed by atoms with E-state index in [1.807, 2.05) is 25.1 Å². The van der Waals surface area contributed by atoms with Crippen LogP contribution in [0.3, 0.4) is 0 Å². The predicted octanol–water partition coefficient (Wildman–Crippen LogP) is 3.49. The lowest BCUT2D eigenvalue weighted by molar-refractivity contribution is -0.140. The third-order valence-electron chi connectivity index (χ3n) is 2.85. The number of unbranched alkanes of at least 4 members (excludes halogenated alkanes) is 1. The minimum atomic E-state index is -0.223. The van der Waals surface area contributed by atoms with Crippen molar-refractivity contribution in [2.24, 2.45) is 0 Å². The molecule has 0 spiro atoms. The summed E-state index contributed by atoms with van der Waals surface area (Å²) in [6.07, 6.45) is 2.81. The molecule has 0 saturated carbocycles. The van der Waals surface area contributed by atoms with E-state index in [1.165, 1.54) is 18.9 Å². The highest BCUT2D eigenvalue weighted by Gasteiger charge is 2.21. The number of thioether (sulfide) groups is 1. The number of nitrogen functional groups attached to an aromatic ring is 1. The highest BCUT2D eigenvalue weighted by molar-refractivity contribution is 8.00. The van der Waals surface area contributed by atoms with E-state index >= 15 is 0 Å². The Morgan fingerprint density at radius 3 is 2.75 bits per heavy atom. The van der Waals surface area contributed by atoms with Gasteiger partial charge in [0.1, 0.15) is 11.0 Å². The van der Waals surface area contributed by atoms with Crippen molar-refractivity contribution in [1.29, 1.82) is 0 Å². The van der Waals surface area contributed by atoms with E-state index in [1.54, 1.807) is 0 Å². The van der Waals surface area contributed by atoms with E-state index in [2.05, 4.69) is 6.92 Å². The van der Waals surface area contributed by atoms with E-state index < -0.39 is 0 Å². The first-order valence-electron chi connectivity index (χ1n) is 6.89. The van der Waals surface area contributed by atoms with Gasteiger partial charge in [-0.25, -0.2) is 0 Å². The van der Waals surface area contributed by atoms with Crippen LogP contribution in [0.2, 0.25) is 0 Å². The van der Waals surface area contributed by atoms with Crippen molar-refractivity contribution in [2.45, 2.75) is 43.3 Å². The quantitative estimate of drug-likeness (QED) is 0.452. The summed E-state index contributed by atoms with van der Waals surface area (Å²) >= 11 is 1.45. The zero-order chi connectivity index (χ0) is 15.0. The Balaban J connectivity index is 2.85. The average molecular weight is 297 g/mol. The zero-order valence-electron chi connectivity index (χ0n) is 12.3. The molecule has 112 valence electrons. The molecule has 20 heavy (non-hydrogen) atoms. The molecule has 0 amide bonds. The molecule has 0 fully saturated rings. The van der Waals surface area contributed by atoms with Crippen molar-refractivity contribution in [3.63, 3.8) is 0 Å². The largest absolute Gasteiger partial charge is 0.494 e. The summed E-state index contributed by atoms with van der Waals surface area (Å²) in [6, 6.07) is 5.52. The van der Waals surface area contributed by atoms with Crippen LogP contribution in [0.15, 0.2) is 23.1 Å². The van der Waals surface area contributed by atoms with Crippen LogP contribution in [-0.2, 0) is 9.53 Å². The second-order valence-electron chi connectivity index (χ2n) is 4.40. The highest BCUT2D eigenvalue weighted by Crippen LogP contribution is 2.34. The highest BCUT2D eigenvalue weighted by atomic mass is 32.2. The Labute approximate surface area is 125 Å². The third kappa shape index (κ3) is 4.96. The molecule has 2 N–H and O–H groups in total. The number of hydrogen-bond acceptors (Lipinski definition) is 5. The molecule has 0 aromatic heterocycles. The van der Waals surface area contributed by atoms with Crippen molar-refractivity contribution in [3.8, 4) is 5.75 Å². The Morgan fingerprint density at radius 1 is 1.40 bits per heavy atom. The fourth-order valence-electron chi connectivity index (χ4n) is 1.77. The van der Waals surface area contributed by atoms with Gasteiger partial charge in [-0.2, -0.15) is 0 Å². The van der Waals surface area contributed by atoms with Crippen LogP contribution >= 0.6 is 11.8 Å². The van der Waals surface area contributed by atoms with Gasteiger partial charge in [0, 0.05) is 10.6 Å². The summed E-state index contributed by atoms with van der Waals surface area (Å²) in [7, 11) is 1.42. The number of benzene rings is 1. The molecule has 0 bridgehead atoms. The maximum Gasteiger partial charge on any atom is 0.319 e. The van der Waals surface area contributed by atoms with Crippen LogP contribution in [0.5, 0.6) is 5.75 Å². The zero-order valence-corrected chi connectivity index (χ0v) is 13.2. The van der Waals surface area contributed by atoms with Crippen molar-refractivity contribution < 1.29 is 14.3 Å². The molecule has 1 rings (SSSR count). The summed E-state index contributed by atoms with van der Waals surface area (Å²) < 4.78 is 10.3. The molecular formula is C15H23NO3S. The minimum Gasteiger partial charge on any atom is -0.494 e. The van der Waals surface area contributed by atoms with Gasteiger partial charge >= 0.3 is 5.97 Å². The normalized spacial score (nSPS) is 11.9. The van der Waals surface area contributed by atoms with E-state index in [4.69, 9.17) is 15.2 Å². The number of carbonyl (C=O) groups is 1. The predicted molar refractivity (Wildman–Crippen MR) is 83.2 cm³/mol. The Kier molecular flexibility index (Phi) is 7.30. The SMILES string of the molecule is CCCCC(Sc1cc(OCC)ccc1N)C(=O)OC. The maximum atomic E-state index is 11.8. The van der Waals surface area contributed by atoms with E-state index in [0.717, 1.165) is 29.9 Å². The fourth-order valence-corrected chi connectivity index (χ4v) is 2.94. The van der Waals surface area contributed by atoms with Crippen LogP contribution < -0.4 is 10.5 Å². The third-order valence-corrected chi connectivity index (χ3v) is 4.17. The number of esters is 1. The number of carbonyl (C=O) groups excluding carboxylic acids is 1. The second-order valence-corrected chi connectivity index (χ2v) is 5.65. The molecule has 0 aliphatic rings. The Bertz CT molecular complexity index is 437. The monoisotopic (exact) mass is 297 g/mol. The van der Waals surface area contributed by atoms with Crippen molar-refractivity contribution >= 4 is 23.4 Å². The first-order chi connectivity index (χ1) is 9.62. The summed E-state index contributed by atoms with van der Waals surface area (Å²) in [4.78, 5) is 12.7. The van der Waals surface area contributed by atoms with Gasteiger partial charge in [0.2, 0.25) is 0 Å². The Morgan fingerprint density at radius 2 is 2.15 bits per heavy atom. The summed E-state index contributed by atoms with van der Waals surface area (Å²) in [6.45, 7) is 4.63. The van der Waals surface area contributed by atoms with E-state index in [0.29, 0.717) is 12.3 Å². The topological polar surface area (TPSA) is 61.5 Å². The van der Waals surface area contributed by atoms with Crippen LogP contribution in [0.1, 0.15) is 33.1 Å². The molecular weight excluding hydrogens is 274 g/mol. The number of ether oxygens (including phenoxy) is 2. The molecule has 5 heteroatoms. The smallest absolute Gasteiger partial charge is 0.319 e. The standard InChI is InChI=1S/C15H23NO3S/c1-4-6-7-13(15(17)18-3)20-14-10-11(19-5-2)8-9-12(14)16/h8-10,13H,4-7,16H2,1-3H3. The summed E-state index contributed by atoms with van der Waals surface area (Å²) in [5, 5.41) is -0.223. The number of methoxy groups -OCH3 is 1. The van der Waals surface area contributed by atoms with Gasteiger partial charge in [0.15, 0.2) is 0 Å². The molecule has 1 atom stereocenters. The molecule has 1 unspecified atom stereocenters. The van der Waals surface area contributed by atoms with Crippen LogP contribution in [-0.4, -0.2) is 24.9 Å². The van der Waals surface area contributed by atoms with Gasteiger partial charge in [0.05, 0.1) is 13.7 Å². The van der Waals surface area contributed by atoms with Crippen LogP contribution in [0, 0.1) is 0 Å². The minimum absolute atomic E-state index is 0.204. The lowest BCUT2D eigenvalue weighted by atomic mass is 10.2. The van der Waals surface area contributed by atoms with E-state index in [-0.39, 0.29) is 11.2 Å². The maximum absolute atomic E-state index is 11.8. The van der Waals surface area contributed by atoms with Gasteiger partial charge in [-0.15, -0.1) is 11.8 Å². The molecule has 0 aliphatic heterocycles. The molecule has 1 aromatic rings. The summed E-state index contributed by atoms with van der Waals surface area (Å²) in [5.41, 5.74) is 6.63.